The van der Waals surface area contributed by atoms with Crippen molar-refractivity contribution in [3.63, 3.8) is 0 Å². The Morgan fingerprint density at radius 1 is 1.39 bits per heavy atom. The number of halogens is 1. The molecular formula is C17H22ClN3OS. The SMILES string of the molecule is CC(C)N(Cc1cnn(C)c1)C(=O)CSCc1cccc(Cl)c1. The van der Waals surface area contributed by atoms with E-state index in [9.17, 15) is 4.79 Å². The molecule has 4 nitrogen and oxygen atoms in total. The van der Waals surface area contributed by atoms with E-state index in [4.69, 9.17) is 11.6 Å². The third-order valence-corrected chi connectivity index (χ3v) is 4.66. The highest BCUT2D eigenvalue weighted by atomic mass is 35.5. The number of amides is 1. The molecule has 124 valence electrons. The molecule has 0 atom stereocenters. The van der Waals surface area contributed by atoms with Crippen LogP contribution in [0.2, 0.25) is 5.02 Å². The first-order valence-corrected chi connectivity index (χ1v) is 9.08. The van der Waals surface area contributed by atoms with Gasteiger partial charge in [0.2, 0.25) is 5.91 Å². The smallest absolute Gasteiger partial charge is 0.233 e. The number of hydrogen-bond acceptors (Lipinski definition) is 3. The summed E-state index contributed by atoms with van der Waals surface area (Å²) < 4.78 is 1.76. The third-order valence-electron chi connectivity index (χ3n) is 3.44. The zero-order chi connectivity index (χ0) is 16.8. The Bertz CT molecular complexity index is 657. The monoisotopic (exact) mass is 351 g/mol. The van der Waals surface area contributed by atoms with Gasteiger partial charge in [0.15, 0.2) is 0 Å². The minimum Gasteiger partial charge on any atom is -0.335 e. The van der Waals surface area contributed by atoms with Gasteiger partial charge in [0.1, 0.15) is 0 Å². The molecule has 23 heavy (non-hydrogen) atoms. The molecule has 1 aromatic carbocycles. The summed E-state index contributed by atoms with van der Waals surface area (Å²) in [6, 6.07) is 7.92. The van der Waals surface area contributed by atoms with Gasteiger partial charge in [0, 0.05) is 42.2 Å². The molecule has 6 heteroatoms. The van der Waals surface area contributed by atoms with Crippen LogP contribution in [-0.2, 0) is 24.1 Å². The van der Waals surface area contributed by atoms with E-state index in [2.05, 4.69) is 5.10 Å². The maximum Gasteiger partial charge on any atom is 0.233 e. The van der Waals surface area contributed by atoms with E-state index in [1.165, 1.54) is 0 Å². The highest BCUT2D eigenvalue weighted by molar-refractivity contribution is 7.99. The van der Waals surface area contributed by atoms with Gasteiger partial charge in [-0.1, -0.05) is 23.7 Å². The highest BCUT2D eigenvalue weighted by Gasteiger charge is 2.17. The van der Waals surface area contributed by atoms with E-state index < -0.39 is 0 Å². The molecule has 0 saturated heterocycles. The fraction of sp³-hybridized carbons (Fsp3) is 0.412. The maximum absolute atomic E-state index is 12.5. The zero-order valence-corrected chi connectivity index (χ0v) is 15.3. The van der Waals surface area contributed by atoms with Gasteiger partial charge in [-0.2, -0.15) is 5.10 Å². The Hall–Kier alpha value is -1.46. The van der Waals surface area contributed by atoms with E-state index in [1.807, 2.05) is 62.5 Å². The van der Waals surface area contributed by atoms with Crippen LogP contribution in [-0.4, -0.2) is 32.4 Å². The van der Waals surface area contributed by atoms with Crippen molar-refractivity contribution in [2.24, 2.45) is 7.05 Å². The van der Waals surface area contributed by atoms with E-state index in [0.717, 1.165) is 21.9 Å². The fourth-order valence-electron chi connectivity index (χ4n) is 2.27. The van der Waals surface area contributed by atoms with Crippen LogP contribution < -0.4 is 0 Å². The summed E-state index contributed by atoms with van der Waals surface area (Å²) in [6.45, 7) is 4.67. The number of aromatic nitrogens is 2. The highest BCUT2D eigenvalue weighted by Crippen LogP contribution is 2.18. The average molecular weight is 352 g/mol. The fourth-order valence-corrected chi connectivity index (χ4v) is 3.35. The predicted molar refractivity (Wildman–Crippen MR) is 96.5 cm³/mol. The van der Waals surface area contributed by atoms with Gasteiger partial charge in [0.05, 0.1) is 11.9 Å². The molecule has 0 aliphatic rings. The lowest BCUT2D eigenvalue weighted by Gasteiger charge is -2.26. The number of benzene rings is 1. The summed E-state index contributed by atoms with van der Waals surface area (Å²) in [5.41, 5.74) is 2.19. The lowest BCUT2D eigenvalue weighted by molar-refractivity contribution is -0.130. The first-order chi connectivity index (χ1) is 11.0. The molecule has 0 unspecified atom stereocenters. The Morgan fingerprint density at radius 3 is 2.78 bits per heavy atom. The second kappa shape index (κ2) is 8.41. The predicted octanol–water partition coefficient (Wildman–Crippen LogP) is 3.74. The molecule has 2 rings (SSSR count). The molecule has 0 aliphatic carbocycles. The van der Waals surface area contributed by atoms with Gasteiger partial charge in [-0.15, -0.1) is 11.8 Å². The van der Waals surface area contributed by atoms with Crippen molar-refractivity contribution in [1.82, 2.24) is 14.7 Å². The number of carbonyl (C=O) groups is 1. The van der Waals surface area contributed by atoms with Crippen molar-refractivity contribution in [1.29, 1.82) is 0 Å². The minimum absolute atomic E-state index is 0.149. The first-order valence-electron chi connectivity index (χ1n) is 7.55. The number of rotatable bonds is 7. The van der Waals surface area contributed by atoms with Crippen molar-refractivity contribution in [3.8, 4) is 0 Å². The topological polar surface area (TPSA) is 38.1 Å². The molecule has 1 heterocycles. The summed E-state index contributed by atoms with van der Waals surface area (Å²) in [5, 5.41) is 4.89. The average Bonchev–Trinajstić information content (AvgIpc) is 2.90. The maximum atomic E-state index is 12.5. The molecule has 0 bridgehead atoms. The normalized spacial score (nSPS) is 11.0. The Kier molecular flexibility index (Phi) is 6.54. The Morgan fingerprint density at radius 2 is 2.17 bits per heavy atom. The molecule has 0 saturated carbocycles. The van der Waals surface area contributed by atoms with Gasteiger partial charge in [-0.05, 0) is 31.5 Å². The second-order valence-electron chi connectivity index (χ2n) is 5.76. The number of nitrogens with zero attached hydrogens (tertiary/aromatic N) is 3. The van der Waals surface area contributed by atoms with Crippen LogP contribution in [0.15, 0.2) is 36.7 Å². The van der Waals surface area contributed by atoms with Crippen molar-refractivity contribution >= 4 is 29.3 Å². The van der Waals surface area contributed by atoms with Crippen molar-refractivity contribution in [3.05, 3.63) is 52.8 Å². The number of hydrogen-bond donors (Lipinski definition) is 0. The summed E-state index contributed by atoms with van der Waals surface area (Å²) >= 11 is 7.59. The van der Waals surface area contributed by atoms with Crippen LogP contribution >= 0.6 is 23.4 Å². The standard InChI is InChI=1S/C17H22ClN3OS/c1-13(2)21(10-15-8-19-20(3)9-15)17(22)12-23-11-14-5-4-6-16(18)7-14/h4-9,13H,10-12H2,1-3H3. The third kappa shape index (κ3) is 5.59. The van der Waals surface area contributed by atoms with Crippen LogP contribution in [0.5, 0.6) is 0 Å². The van der Waals surface area contributed by atoms with Gasteiger partial charge in [0.25, 0.3) is 0 Å². The summed E-state index contributed by atoms with van der Waals surface area (Å²) in [7, 11) is 1.88. The van der Waals surface area contributed by atoms with Crippen LogP contribution in [0.4, 0.5) is 0 Å². The zero-order valence-electron chi connectivity index (χ0n) is 13.7. The van der Waals surface area contributed by atoms with Gasteiger partial charge in [-0.25, -0.2) is 0 Å². The molecule has 0 spiro atoms. The van der Waals surface area contributed by atoms with Crippen molar-refractivity contribution < 1.29 is 4.79 Å². The van der Waals surface area contributed by atoms with E-state index in [0.29, 0.717) is 12.3 Å². The largest absolute Gasteiger partial charge is 0.335 e. The number of carbonyl (C=O) groups excluding carboxylic acids is 1. The lowest BCUT2D eigenvalue weighted by atomic mass is 10.2. The summed E-state index contributed by atoms with van der Waals surface area (Å²) in [5.74, 6) is 1.40. The molecule has 0 fully saturated rings. The second-order valence-corrected chi connectivity index (χ2v) is 7.18. The van der Waals surface area contributed by atoms with Crippen LogP contribution in [0, 0.1) is 0 Å². The molecule has 2 aromatic rings. The quantitative estimate of drug-likeness (QED) is 0.762. The molecule has 0 radical (unpaired) electrons. The first kappa shape index (κ1) is 17.9. The molecule has 0 N–H and O–H groups in total. The minimum atomic E-state index is 0.149. The molecule has 0 aliphatic heterocycles. The van der Waals surface area contributed by atoms with E-state index in [1.54, 1.807) is 16.4 Å². The summed E-state index contributed by atoms with van der Waals surface area (Å²) in [6.07, 6.45) is 3.75. The van der Waals surface area contributed by atoms with Gasteiger partial charge < -0.3 is 4.90 Å². The molecule has 1 aromatic heterocycles. The number of thioether (sulfide) groups is 1. The number of aryl methyl sites for hydroxylation is 1. The van der Waals surface area contributed by atoms with Gasteiger partial charge >= 0.3 is 0 Å². The molecule has 1 amide bonds. The van der Waals surface area contributed by atoms with Crippen LogP contribution in [0.1, 0.15) is 25.0 Å². The van der Waals surface area contributed by atoms with Gasteiger partial charge in [-0.3, -0.25) is 9.48 Å². The van der Waals surface area contributed by atoms with E-state index in [-0.39, 0.29) is 11.9 Å². The summed E-state index contributed by atoms with van der Waals surface area (Å²) in [4.78, 5) is 14.4. The van der Waals surface area contributed by atoms with Crippen molar-refractivity contribution in [2.75, 3.05) is 5.75 Å². The van der Waals surface area contributed by atoms with Crippen LogP contribution in [0.3, 0.4) is 0 Å². The van der Waals surface area contributed by atoms with Crippen molar-refractivity contribution in [2.45, 2.75) is 32.2 Å². The van der Waals surface area contributed by atoms with E-state index >= 15 is 0 Å². The molecular weight excluding hydrogens is 330 g/mol. The Balaban J connectivity index is 1.88. The Labute approximate surface area is 146 Å². The lowest BCUT2D eigenvalue weighted by Crippen LogP contribution is -2.37. The van der Waals surface area contributed by atoms with Crippen LogP contribution in [0.25, 0.3) is 0 Å².